The molecule has 1 aliphatic carbocycles. The molecule has 22 heavy (non-hydrogen) atoms. The minimum absolute atomic E-state index is 0.167. The zero-order valence-corrected chi connectivity index (χ0v) is 14.4. The van der Waals surface area contributed by atoms with E-state index in [2.05, 4.69) is 25.7 Å². The van der Waals surface area contributed by atoms with Crippen molar-refractivity contribution in [3.63, 3.8) is 0 Å². The van der Waals surface area contributed by atoms with Crippen molar-refractivity contribution in [3.8, 4) is 0 Å². The monoisotopic (exact) mass is 320 g/mol. The number of thioether (sulfide) groups is 1. The molecule has 2 atom stereocenters. The lowest BCUT2D eigenvalue weighted by molar-refractivity contribution is -0.645. The Morgan fingerprint density at radius 3 is 2.91 bits per heavy atom. The Labute approximate surface area is 136 Å². The highest BCUT2D eigenvalue weighted by atomic mass is 32.2. The Morgan fingerprint density at radius 1 is 1.41 bits per heavy atom. The molecule has 2 bridgehead atoms. The molecule has 2 fully saturated rings. The summed E-state index contributed by atoms with van der Waals surface area (Å²) < 4.78 is 0.824. The minimum atomic E-state index is 0.167. The van der Waals surface area contributed by atoms with Gasteiger partial charge in [0.2, 0.25) is 5.91 Å². The summed E-state index contributed by atoms with van der Waals surface area (Å²) in [6, 6.07) is 5.66. The van der Waals surface area contributed by atoms with Crippen molar-refractivity contribution in [3.05, 3.63) is 29.6 Å². The fourth-order valence-corrected chi connectivity index (χ4v) is 5.29. The summed E-state index contributed by atoms with van der Waals surface area (Å²) in [6.07, 6.45) is 4.87. The molecule has 0 spiro atoms. The molecular formula is C17H24N2O2S. The van der Waals surface area contributed by atoms with E-state index in [1.165, 1.54) is 24.4 Å². The van der Waals surface area contributed by atoms with Crippen LogP contribution in [0.15, 0.2) is 29.4 Å². The number of hydrogen-bond acceptors (Lipinski definition) is 3. The number of fused-ring (bicyclic) bond motifs is 2. The Bertz CT molecular complexity index is 590. The van der Waals surface area contributed by atoms with Crippen LogP contribution in [-0.4, -0.2) is 29.1 Å². The average molecular weight is 320 g/mol. The number of carbonyl (C=O) groups is 1. The van der Waals surface area contributed by atoms with E-state index >= 15 is 0 Å². The third-order valence-electron chi connectivity index (χ3n) is 4.87. The van der Waals surface area contributed by atoms with Gasteiger partial charge in [0, 0.05) is 24.7 Å². The van der Waals surface area contributed by atoms with Crippen LogP contribution in [0.4, 0.5) is 0 Å². The first-order chi connectivity index (χ1) is 10.3. The summed E-state index contributed by atoms with van der Waals surface area (Å²) in [7, 11) is 0. The Balaban J connectivity index is 1.65. The number of carbonyl (C=O) groups excluding carboxylic acids is 1. The number of pyridine rings is 1. The van der Waals surface area contributed by atoms with Gasteiger partial charge < -0.3 is 10.1 Å². The van der Waals surface area contributed by atoms with Crippen molar-refractivity contribution in [2.24, 2.45) is 10.8 Å². The predicted molar refractivity (Wildman–Crippen MR) is 87.4 cm³/mol. The van der Waals surface area contributed by atoms with Crippen LogP contribution in [0.1, 0.15) is 40.0 Å². The van der Waals surface area contributed by atoms with E-state index in [1.54, 1.807) is 12.1 Å². The summed E-state index contributed by atoms with van der Waals surface area (Å²) in [5.41, 5.74) is 0.579. The number of amides is 1. The van der Waals surface area contributed by atoms with Gasteiger partial charge in [0.25, 0.3) is 5.03 Å². The zero-order chi connectivity index (χ0) is 16.0. The minimum Gasteiger partial charge on any atom is -0.618 e. The first kappa shape index (κ1) is 15.7. The molecule has 2 heterocycles. The van der Waals surface area contributed by atoms with E-state index in [0.29, 0.717) is 22.2 Å². The van der Waals surface area contributed by atoms with E-state index in [0.717, 1.165) is 24.1 Å². The average Bonchev–Trinajstić information content (AvgIpc) is 2.67. The second-order valence-corrected chi connectivity index (χ2v) is 8.88. The van der Waals surface area contributed by atoms with E-state index in [9.17, 15) is 10.0 Å². The van der Waals surface area contributed by atoms with E-state index in [-0.39, 0.29) is 11.3 Å². The van der Waals surface area contributed by atoms with E-state index in [1.807, 2.05) is 6.07 Å². The van der Waals surface area contributed by atoms with Crippen LogP contribution in [0.3, 0.4) is 0 Å². The van der Waals surface area contributed by atoms with Gasteiger partial charge in [-0.1, -0.05) is 20.8 Å². The second kappa shape index (κ2) is 5.44. The fourth-order valence-electron chi connectivity index (χ4n) is 4.49. The molecule has 0 N–H and O–H groups in total. The highest BCUT2D eigenvalue weighted by molar-refractivity contribution is 7.99. The SMILES string of the molecule is CC1(C)C[C@H]2C[C@](C)(CN2C(=O)CSc2cccc[n+]2[O-])C1. The van der Waals surface area contributed by atoms with Crippen molar-refractivity contribution < 1.29 is 9.52 Å². The third kappa shape index (κ3) is 3.09. The van der Waals surface area contributed by atoms with Crippen LogP contribution >= 0.6 is 11.8 Å². The molecule has 120 valence electrons. The Hall–Kier alpha value is -1.23. The maximum absolute atomic E-state index is 12.6. The van der Waals surface area contributed by atoms with Crippen LogP contribution in [0.2, 0.25) is 0 Å². The van der Waals surface area contributed by atoms with Crippen LogP contribution in [-0.2, 0) is 4.79 Å². The number of aromatic nitrogens is 1. The summed E-state index contributed by atoms with van der Waals surface area (Å²) in [6.45, 7) is 7.80. The van der Waals surface area contributed by atoms with Crippen LogP contribution in [0.5, 0.6) is 0 Å². The van der Waals surface area contributed by atoms with Crippen LogP contribution < -0.4 is 4.73 Å². The normalized spacial score (nSPS) is 29.6. The van der Waals surface area contributed by atoms with E-state index in [4.69, 9.17) is 0 Å². The highest BCUT2D eigenvalue weighted by Crippen LogP contribution is 2.52. The molecule has 1 saturated heterocycles. The van der Waals surface area contributed by atoms with Crippen molar-refractivity contribution in [1.29, 1.82) is 0 Å². The molecule has 2 aliphatic rings. The molecule has 4 nitrogen and oxygen atoms in total. The van der Waals surface area contributed by atoms with Gasteiger partial charge in [-0.2, -0.15) is 4.73 Å². The lowest BCUT2D eigenvalue weighted by Gasteiger charge is -2.39. The van der Waals surface area contributed by atoms with Crippen molar-refractivity contribution in [2.75, 3.05) is 12.3 Å². The first-order valence-corrected chi connectivity index (χ1v) is 8.87. The maximum atomic E-state index is 12.6. The van der Waals surface area contributed by atoms with Gasteiger partial charge in [-0.15, -0.1) is 0 Å². The maximum Gasteiger partial charge on any atom is 0.251 e. The lowest BCUT2D eigenvalue weighted by atomic mass is 9.65. The predicted octanol–water partition coefficient (Wildman–Crippen LogP) is 2.84. The summed E-state index contributed by atoms with van der Waals surface area (Å²) >= 11 is 1.33. The van der Waals surface area contributed by atoms with Crippen LogP contribution in [0, 0.1) is 16.0 Å². The number of nitrogens with zero attached hydrogens (tertiary/aromatic N) is 2. The van der Waals surface area contributed by atoms with Gasteiger partial charge in [-0.05, 0) is 47.9 Å². The standard InChI is InChI=1S/C17H24N2O2S/c1-16(2)8-13-9-17(3,11-16)12-18(13)14(20)10-22-15-6-4-5-7-19(15)21/h4-7,13H,8-12H2,1-3H3/t13-,17-/m0/s1. The summed E-state index contributed by atoms with van der Waals surface area (Å²) in [5.74, 6) is 0.513. The van der Waals surface area contributed by atoms with Gasteiger partial charge in [0.1, 0.15) is 0 Å². The van der Waals surface area contributed by atoms with Crippen LogP contribution in [0.25, 0.3) is 0 Å². The second-order valence-electron chi connectivity index (χ2n) is 7.89. The molecule has 5 heteroatoms. The highest BCUT2D eigenvalue weighted by Gasteiger charge is 2.50. The summed E-state index contributed by atoms with van der Waals surface area (Å²) in [5, 5.41) is 12.2. The van der Waals surface area contributed by atoms with Gasteiger partial charge >= 0.3 is 0 Å². The molecule has 1 aliphatic heterocycles. The number of rotatable bonds is 3. The first-order valence-electron chi connectivity index (χ1n) is 7.89. The Kier molecular flexibility index (Phi) is 3.87. The van der Waals surface area contributed by atoms with Crippen molar-refractivity contribution in [2.45, 2.75) is 51.1 Å². The molecule has 0 radical (unpaired) electrons. The molecule has 1 aromatic rings. The summed E-state index contributed by atoms with van der Waals surface area (Å²) in [4.78, 5) is 14.7. The van der Waals surface area contributed by atoms with Gasteiger partial charge in [-0.3, -0.25) is 4.79 Å². The molecule has 1 amide bonds. The van der Waals surface area contributed by atoms with Crippen molar-refractivity contribution >= 4 is 17.7 Å². The number of hydrogen-bond donors (Lipinski definition) is 0. The molecule has 1 saturated carbocycles. The van der Waals surface area contributed by atoms with E-state index < -0.39 is 0 Å². The molecule has 3 rings (SSSR count). The quantitative estimate of drug-likeness (QED) is 0.489. The Morgan fingerprint density at radius 2 is 2.18 bits per heavy atom. The smallest absolute Gasteiger partial charge is 0.251 e. The molecule has 0 aromatic carbocycles. The molecule has 0 unspecified atom stereocenters. The van der Waals surface area contributed by atoms with Gasteiger partial charge in [-0.25, -0.2) is 0 Å². The fraction of sp³-hybridized carbons (Fsp3) is 0.647. The molecular weight excluding hydrogens is 296 g/mol. The topological polar surface area (TPSA) is 47.2 Å². The molecule has 1 aromatic heterocycles. The zero-order valence-electron chi connectivity index (χ0n) is 13.5. The third-order valence-corrected chi connectivity index (χ3v) is 5.87. The van der Waals surface area contributed by atoms with Gasteiger partial charge in [0.15, 0.2) is 6.20 Å². The number of likely N-dealkylation sites (tertiary alicyclic amines) is 1. The van der Waals surface area contributed by atoms with Crippen molar-refractivity contribution in [1.82, 2.24) is 4.90 Å². The largest absolute Gasteiger partial charge is 0.618 e. The lowest BCUT2D eigenvalue weighted by Crippen LogP contribution is -2.39. The van der Waals surface area contributed by atoms with Gasteiger partial charge in [0.05, 0.1) is 5.75 Å².